The van der Waals surface area contributed by atoms with Crippen molar-refractivity contribution in [3.63, 3.8) is 0 Å². The molecule has 84 valence electrons. The van der Waals surface area contributed by atoms with Gasteiger partial charge < -0.3 is 4.74 Å². The number of hydrogen-bond acceptors (Lipinski definition) is 2. The molecule has 0 fully saturated rings. The normalized spacial score (nSPS) is 10.6. The quantitative estimate of drug-likeness (QED) is 0.418. The fraction of sp³-hybridized carbons (Fsp3) is 0.833. The third-order valence-electron chi connectivity index (χ3n) is 2.31. The lowest BCUT2D eigenvalue weighted by atomic mass is 10.2. The summed E-state index contributed by atoms with van der Waals surface area (Å²) in [7, 11) is 1.69. The molecule has 0 aliphatic carbocycles. The van der Waals surface area contributed by atoms with Gasteiger partial charge in [-0.25, -0.2) is 0 Å². The summed E-state index contributed by atoms with van der Waals surface area (Å²) in [6.45, 7) is 11.5. The van der Waals surface area contributed by atoms with Crippen LogP contribution < -0.4 is 0 Å². The van der Waals surface area contributed by atoms with E-state index in [-0.39, 0.29) is 0 Å². The van der Waals surface area contributed by atoms with Gasteiger partial charge in [-0.2, -0.15) is 0 Å². The second kappa shape index (κ2) is 9.07. The predicted molar refractivity (Wildman–Crippen MR) is 62.4 cm³/mol. The molecule has 0 saturated heterocycles. The summed E-state index contributed by atoms with van der Waals surface area (Å²) in [5, 5.41) is 0. The van der Waals surface area contributed by atoms with Crippen LogP contribution in [0.2, 0.25) is 0 Å². The molecule has 0 aromatic carbocycles. The highest BCUT2D eigenvalue weighted by Crippen LogP contribution is 2.03. The summed E-state index contributed by atoms with van der Waals surface area (Å²) in [5.74, 6) is 0.870. The summed E-state index contributed by atoms with van der Waals surface area (Å²) >= 11 is 0. The van der Waals surface area contributed by atoms with Crippen LogP contribution in [0.4, 0.5) is 0 Å². The molecule has 0 unspecified atom stereocenters. The first kappa shape index (κ1) is 13.5. The third kappa shape index (κ3) is 6.96. The van der Waals surface area contributed by atoms with E-state index in [2.05, 4.69) is 25.3 Å². The average Bonchev–Trinajstić information content (AvgIpc) is 2.18. The third-order valence-corrected chi connectivity index (χ3v) is 2.31. The van der Waals surface area contributed by atoms with Crippen LogP contribution in [0.3, 0.4) is 0 Å². The van der Waals surface area contributed by atoms with E-state index < -0.39 is 0 Å². The molecule has 0 aromatic heterocycles. The van der Waals surface area contributed by atoms with E-state index in [4.69, 9.17) is 4.74 Å². The zero-order valence-electron chi connectivity index (χ0n) is 10.0. The average molecular weight is 199 g/mol. The number of methoxy groups -OCH3 is 1. The Balaban J connectivity index is 3.70. The maximum absolute atomic E-state index is 5.10. The largest absolute Gasteiger partial charge is 0.500 e. The van der Waals surface area contributed by atoms with Crippen LogP contribution in [0.25, 0.3) is 0 Å². The maximum atomic E-state index is 5.10. The first-order valence-corrected chi connectivity index (χ1v) is 5.68. The molecule has 0 aliphatic rings. The van der Waals surface area contributed by atoms with Crippen LogP contribution in [-0.2, 0) is 4.74 Å². The zero-order chi connectivity index (χ0) is 10.8. The highest BCUT2D eigenvalue weighted by Gasteiger charge is 2.04. The van der Waals surface area contributed by atoms with Gasteiger partial charge in [0.05, 0.1) is 13.7 Å². The number of hydrogen-bond donors (Lipinski definition) is 0. The fourth-order valence-corrected chi connectivity index (χ4v) is 1.49. The van der Waals surface area contributed by atoms with Crippen molar-refractivity contribution < 1.29 is 4.74 Å². The molecule has 0 rings (SSSR count). The molecule has 0 N–H and O–H groups in total. The highest BCUT2D eigenvalue weighted by atomic mass is 16.5. The first-order valence-electron chi connectivity index (χ1n) is 5.68. The van der Waals surface area contributed by atoms with Gasteiger partial charge in [0.2, 0.25) is 0 Å². The first-order chi connectivity index (χ1) is 6.74. The van der Waals surface area contributed by atoms with Crippen molar-refractivity contribution >= 4 is 0 Å². The minimum absolute atomic E-state index is 0.870. The van der Waals surface area contributed by atoms with Gasteiger partial charge >= 0.3 is 0 Å². The van der Waals surface area contributed by atoms with Gasteiger partial charge in [-0.05, 0) is 25.9 Å². The van der Waals surface area contributed by atoms with Crippen LogP contribution in [0, 0.1) is 0 Å². The fourth-order valence-electron chi connectivity index (χ4n) is 1.49. The Labute approximate surface area is 88.9 Å². The van der Waals surface area contributed by atoms with Crippen molar-refractivity contribution in [3.8, 4) is 0 Å². The lowest BCUT2D eigenvalue weighted by Crippen LogP contribution is -2.28. The van der Waals surface area contributed by atoms with Crippen LogP contribution in [0.5, 0.6) is 0 Å². The van der Waals surface area contributed by atoms with Crippen molar-refractivity contribution in [3.05, 3.63) is 12.3 Å². The summed E-state index contributed by atoms with van der Waals surface area (Å²) in [6.07, 6.45) is 5.08. The minimum atomic E-state index is 0.870. The molecule has 2 heteroatoms. The minimum Gasteiger partial charge on any atom is -0.500 e. The van der Waals surface area contributed by atoms with Crippen molar-refractivity contribution in [2.75, 3.05) is 26.7 Å². The lowest BCUT2D eigenvalue weighted by molar-refractivity contribution is 0.211. The molecule has 0 spiro atoms. The number of nitrogens with zero attached hydrogens (tertiary/aromatic N) is 1. The van der Waals surface area contributed by atoms with Crippen LogP contribution in [0.1, 0.15) is 39.5 Å². The van der Waals surface area contributed by atoms with E-state index in [1.807, 2.05) is 0 Å². The van der Waals surface area contributed by atoms with E-state index in [0.29, 0.717) is 0 Å². The summed E-state index contributed by atoms with van der Waals surface area (Å²) < 4.78 is 5.10. The van der Waals surface area contributed by atoms with Gasteiger partial charge in [0.25, 0.3) is 0 Å². The number of rotatable bonds is 9. The SMILES string of the molecule is C=C(CN(CCC)CCCCC)OC. The number of ether oxygens (including phenoxy) is 1. The van der Waals surface area contributed by atoms with Crippen LogP contribution >= 0.6 is 0 Å². The van der Waals surface area contributed by atoms with Gasteiger partial charge in [0.1, 0.15) is 5.76 Å². The summed E-state index contributed by atoms with van der Waals surface area (Å²) in [5.41, 5.74) is 0. The number of unbranched alkanes of at least 4 members (excludes halogenated alkanes) is 2. The molecular weight excluding hydrogens is 174 g/mol. The van der Waals surface area contributed by atoms with Gasteiger partial charge in [0, 0.05) is 0 Å². The Morgan fingerprint density at radius 1 is 1.14 bits per heavy atom. The van der Waals surface area contributed by atoms with Crippen LogP contribution in [-0.4, -0.2) is 31.6 Å². The Morgan fingerprint density at radius 2 is 1.86 bits per heavy atom. The lowest BCUT2D eigenvalue weighted by Gasteiger charge is -2.21. The van der Waals surface area contributed by atoms with Crippen LogP contribution in [0.15, 0.2) is 12.3 Å². The van der Waals surface area contributed by atoms with E-state index >= 15 is 0 Å². The zero-order valence-corrected chi connectivity index (χ0v) is 10.0. The van der Waals surface area contributed by atoms with Gasteiger partial charge in [0.15, 0.2) is 0 Å². The van der Waals surface area contributed by atoms with E-state index in [0.717, 1.165) is 18.8 Å². The van der Waals surface area contributed by atoms with Gasteiger partial charge in [-0.3, -0.25) is 4.90 Å². The molecule has 0 radical (unpaired) electrons. The molecule has 0 amide bonds. The molecular formula is C12H25NO. The molecule has 2 nitrogen and oxygen atoms in total. The maximum Gasteiger partial charge on any atom is 0.102 e. The smallest absolute Gasteiger partial charge is 0.102 e. The summed E-state index contributed by atoms with van der Waals surface area (Å²) in [4.78, 5) is 2.42. The van der Waals surface area contributed by atoms with Gasteiger partial charge in [-0.1, -0.05) is 33.3 Å². The molecule has 0 aromatic rings. The molecule has 0 saturated carbocycles. The molecule has 14 heavy (non-hydrogen) atoms. The highest BCUT2D eigenvalue weighted by molar-refractivity contribution is 4.85. The molecule has 0 heterocycles. The van der Waals surface area contributed by atoms with E-state index in [9.17, 15) is 0 Å². The van der Waals surface area contributed by atoms with Crippen molar-refractivity contribution in [2.45, 2.75) is 39.5 Å². The van der Waals surface area contributed by atoms with E-state index in [1.165, 1.54) is 32.2 Å². The second-order valence-electron chi connectivity index (χ2n) is 3.73. The summed E-state index contributed by atoms with van der Waals surface area (Å²) in [6, 6.07) is 0. The molecule has 0 aliphatic heterocycles. The molecule has 0 bridgehead atoms. The molecule has 0 atom stereocenters. The Hall–Kier alpha value is -0.500. The Morgan fingerprint density at radius 3 is 2.36 bits per heavy atom. The van der Waals surface area contributed by atoms with Crippen molar-refractivity contribution in [2.24, 2.45) is 0 Å². The topological polar surface area (TPSA) is 12.5 Å². The Bertz CT molecular complexity index is 145. The van der Waals surface area contributed by atoms with Crippen molar-refractivity contribution in [1.82, 2.24) is 4.90 Å². The van der Waals surface area contributed by atoms with Crippen molar-refractivity contribution in [1.29, 1.82) is 0 Å². The standard InChI is InChI=1S/C12H25NO/c1-5-7-8-10-13(9-6-2)11-12(3)14-4/h3,5-11H2,1-2,4H3. The monoisotopic (exact) mass is 199 g/mol. The van der Waals surface area contributed by atoms with E-state index in [1.54, 1.807) is 7.11 Å². The second-order valence-corrected chi connectivity index (χ2v) is 3.73. The predicted octanol–water partition coefficient (Wildman–Crippen LogP) is 3.05. The van der Waals surface area contributed by atoms with Gasteiger partial charge in [-0.15, -0.1) is 0 Å². The Kier molecular flexibility index (Phi) is 8.75.